The smallest absolute Gasteiger partial charge is 0.234 e. The first-order valence-electron chi connectivity index (χ1n) is 8.32. The van der Waals surface area contributed by atoms with Crippen molar-refractivity contribution >= 4 is 5.91 Å². The van der Waals surface area contributed by atoms with E-state index in [0.717, 1.165) is 12.3 Å². The molecule has 3 rings (SSSR count). The molecule has 0 aliphatic heterocycles. The molecule has 1 N–H and O–H groups in total. The van der Waals surface area contributed by atoms with Gasteiger partial charge in [-0.3, -0.25) is 9.69 Å². The van der Waals surface area contributed by atoms with Crippen LogP contribution in [-0.4, -0.2) is 36.5 Å². The molecule has 2 fully saturated rings. The number of carbonyl (C=O) groups excluding carboxylic acids is 1. The van der Waals surface area contributed by atoms with Crippen LogP contribution in [0.15, 0.2) is 24.3 Å². The zero-order valence-electron chi connectivity index (χ0n) is 13.5. The van der Waals surface area contributed by atoms with Crippen molar-refractivity contribution in [1.82, 2.24) is 10.2 Å². The van der Waals surface area contributed by atoms with Crippen LogP contribution in [0.25, 0.3) is 0 Å². The lowest BCUT2D eigenvalue weighted by molar-refractivity contribution is -0.123. The Kier molecular flexibility index (Phi) is 4.67. The molecule has 0 heterocycles. The maximum Gasteiger partial charge on any atom is 0.234 e. The zero-order valence-corrected chi connectivity index (χ0v) is 13.5. The van der Waals surface area contributed by atoms with E-state index in [1.807, 2.05) is 12.1 Å². The van der Waals surface area contributed by atoms with E-state index in [1.165, 1.54) is 31.2 Å². The number of ether oxygens (including phenoxy) is 1. The van der Waals surface area contributed by atoms with Gasteiger partial charge in [0, 0.05) is 18.6 Å². The van der Waals surface area contributed by atoms with E-state index >= 15 is 0 Å². The van der Waals surface area contributed by atoms with Crippen molar-refractivity contribution in [2.24, 2.45) is 5.92 Å². The normalized spacial score (nSPS) is 19.0. The second-order valence-corrected chi connectivity index (χ2v) is 6.68. The van der Waals surface area contributed by atoms with Gasteiger partial charge in [-0.15, -0.1) is 0 Å². The first-order chi connectivity index (χ1) is 10.7. The maximum atomic E-state index is 12.2. The summed E-state index contributed by atoms with van der Waals surface area (Å²) in [6.45, 7) is 3.47. The minimum Gasteiger partial charge on any atom is -0.497 e. The molecule has 0 spiro atoms. The number of carbonyl (C=O) groups is 1. The van der Waals surface area contributed by atoms with Crippen molar-refractivity contribution in [3.63, 3.8) is 0 Å². The standard InChI is InChI=1S/C18H26N2O2/c1-13(15-5-6-15)19-18(21)12-20(16-7-8-16)11-14-3-9-17(22-2)10-4-14/h3-4,9-10,13,15-16H,5-8,11-12H2,1-2H3,(H,19,21)/t13-/m0/s1. The number of hydrogen-bond donors (Lipinski definition) is 1. The molecule has 1 amide bonds. The Morgan fingerprint density at radius 3 is 2.50 bits per heavy atom. The molecule has 0 unspecified atom stereocenters. The molecule has 4 heteroatoms. The highest BCUT2D eigenvalue weighted by Gasteiger charge is 2.32. The summed E-state index contributed by atoms with van der Waals surface area (Å²) in [7, 11) is 1.68. The highest BCUT2D eigenvalue weighted by Crippen LogP contribution is 2.32. The molecular weight excluding hydrogens is 276 g/mol. The first kappa shape index (κ1) is 15.3. The number of nitrogens with one attached hydrogen (secondary N) is 1. The van der Waals surface area contributed by atoms with Crippen LogP contribution < -0.4 is 10.1 Å². The van der Waals surface area contributed by atoms with Gasteiger partial charge in [-0.2, -0.15) is 0 Å². The summed E-state index contributed by atoms with van der Waals surface area (Å²) in [6.07, 6.45) is 4.95. The number of nitrogens with zero attached hydrogens (tertiary/aromatic N) is 1. The lowest BCUT2D eigenvalue weighted by atomic mass is 10.2. The lowest BCUT2D eigenvalue weighted by Gasteiger charge is -2.23. The monoisotopic (exact) mass is 302 g/mol. The Morgan fingerprint density at radius 1 is 1.27 bits per heavy atom. The van der Waals surface area contributed by atoms with Gasteiger partial charge in [-0.25, -0.2) is 0 Å². The van der Waals surface area contributed by atoms with Crippen molar-refractivity contribution in [2.75, 3.05) is 13.7 Å². The molecule has 0 bridgehead atoms. The summed E-state index contributed by atoms with van der Waals surface area (Å²) in [5.74, 6) is 1.75. The van der Waals surface area contributed by atoms with Crippen molar-refractivity contribution in [3.8, 4) is 5.75 Å². The lowest BCUT2D eigenvalue weighted by Crippen LogP contribution is -2.42. The van der Waals surface area contributed by atoms with Gasteiger partial charge in [0.25, 0.3) is 0 Å². The van der Waals surface area contributed by atoms with Gasteiger partial charge in [-0.05, 0) is 56.2 Å². The average Bonchev–Trinajstić information content (AvgIpc) is 3.40. The maximum absolute atomic E-state index is 12.2. The minimum absolute atomic E-state index is 0.166. The van der Waals surface area contributed by atoms with Gasteiger partial charge >= 0.3 is 0 Å². The van der Waals surface area contributed by atoms with E-state index < -0.39 is 0 Å². The van der Waals surface area contributed by atoms with Gasteiger partial charge < -0.3 is 10.1 Å². The highest BCUT2D eigenvalue weighted by molar-refractivity contribution is 5.78. The molecule has 1 atom stereocenters. The summed E-state index contributed by atoms with van der Waals surface area (Å²) in [5.41, 5.74) is 1.23. The Balaban J connectivity index is 1.54. The van der Waals surface area contributed by atoms with E-state index in [4.69, 9.17) is 4.74 Å². The predicted octanol–water partition coefficient (Wildman–Crippen LogP) is 2.57. The van der Waals surface area contributed by atoms with Gasteiger partial charge in [0.05, 0.1) is 13.7 Å². The molecule has 1 aromatic carbocycles. The van der Waals surface area contributed by atoms with Crippen LogP contribution in [0.2, 0.25) is 0 Å². The van der Waals surface area contributed by atoms with Gasteiger partial charge in [-0.1, -0.05) is 12.1 Å². The third kappa shape index (κ3) is 4.23. The van der Waals surface area contributed by atoms with E-state index in [-0.39, 0.29) is 5.91 Å². The third-order valence-corrected chi connectivity index (χ3v) is 4.67. The van der Waals surface area contributed by atoms with Crippen LogP contribution in [0.5, 0.6) is 5.75 Å². The SMILES string of the molecule is COc1ccc(CN(CC(=O)N[C@@H](C)C2CC2)C2CC2)cc1. The Labute approximate surface area is 132 Å². The van der Waals surface area contributed by atoms with Crippen LogP contribution in [-0.2, 0) is 11.3 Å². The second kappa shape index (κ2) is 6.69. The van der Waals surface area contributed by atoms with Crippen molar-refractivity contribution in [2.45, 2.75) is 51.2 Å². The van der Waals surface area contributed by atoms with Crippen LogP contribution in [0.1, 0.15) is 38.2 Å². The molecule has 1 aromatic rings. The summed E-state index contributed by atoms with van der Waals surface area (Å²) < 4.78 is 5.19. The topological polar surface area (TPSA) is 41.6 Å². The van der Waals surface area contributed by atoms with Crippen molar-refractivity contribution < 1.29 is 9.53 Å². The summed E-state index contributed by atoms with van der Waals surface area (Å²) in [6, 6.07) is 9.03. The van der Waals surface area contributed by atoms with E-state index in [9.17, 15) is 4.79 Å². The second-order valence-electron chi connectivity index (χ2n) is 6.68. The van der Waals surface area contributed by atoms with E-state index in [0.29, 0.717) is 24.5 Å². The summed E-state index contributed by atoms with van der Waals surface area (Å²) in [5, 5.41) is 3.16. The fourth-order valence-electron chi connectivity index (χ4n) is 2.92. The zero-order chi connectivity index (χ0) is 15.5. The van der Waals surface area contributed by atoms with Gasteiger partial charge in [0.1, 0.15) is 5.75 Å². The Hall–Kier alpha value is -1.55. The van der Waals surface area contributed by atoms with Crippen LogP contribution in [0, 0.1) is 5.92 Å². The number of amides is 1. The third-order valence-electron chi connectivity index (χ3n) is 4.67. The quantitative estimate of drug-likeness (QED) is 0.802. The first-order valence-corrected chi connectivity index (χ1v) is 8.32. The molecule has 0 aromatic heterocycles. The summed E-state index contributed by atoms with van der Waals surface area (Å²) in [4.78, 5) is 14.5. The van der Waals surface area contributed by atoms with Gasteiger partial charge in [0.15, 0.2) is 0 Å². The van der Waals surface area contributed by atoms with E-state index in [1.54, 1.807) is 7.11 Å². The predicted molar refractivity (Wildman–Crippen MR) is 86.8 cm³/mol. The average molecular weight is 302 g/mol. The highest BCUT2D eigenvalue weighted by atomic mass is 16.5. The molecular formula is C18H26N2O2. The molecule has 2 aliphatic rings. The van der Waals surface area contributed by atoms with E-state index in [2.05, 4.69) is 29.3 Å². The van der Waals surface area contributed by atoms with Crippen molar-refractivity contribution in [1.29, 1.82) is 0 Å². The fraction of sp³-hybridized carbons (Fsp3) is 0.611. The molecule has 2 aliphatic carbocycles. The largest absolute Gasteiger partial charge is 0.497 e. The number of benzene rings is 1. The van der Waals surface area contributed by atoms with Crippen LogP contribution >= 0.6 is 0 Å². The number of methoxy groups -OCH3 is 1. The fourth-order valence-corrected chi connectivity index (χ4v) is 2.92. The Morgan fingerprint density at radius 2 is 1.95 bits per heavy atom. The molecule has 22 heavy (non-hydrogen) atoms. The molecule has 2 saturated carbocycles. The van der Waals surface area contributed by atoms with Gasteiger partial charge in [0.2, 0.25) is 5.91 Å². The molecule has 4 nitrogen and oxygen atoms in total. The molecule has 0 radical (unpaired) electrons. The number of rotatable bonds is 8. The Bertz CT molecular complexity index is 506. The van der Waals surface area contributed by atoms with Crippen LogP contribution in [0.3, 0.4) is 0 Å². The molecule has 120 valence electrons. The van der Waals surface area contributed by atoms with Crippen LogP contribution in [0.4, 0.5) is 0 Å². The number of hydrogen-bond acceptors (Lipinski definition) is 3. The molecule has 0 saturated heterocycles. The summed E-state index contributed by atoms with van der Waals surface area (Å²) >= 11 is 0. The van der Waals surface area contributed by atoms with Crippen molar-refractivity contribution in [3.05, 3.63) is 29.8 Å². The minimum atomic E-state index is 0.166.